The van der Waals surface area contributed by atoms with Crippen LogP contribution in [-0.4, -0.2) is 42.1 Å². The minimum atomic E-state index is -0.231. The third-order valence-electron chi connectivity index (χ3n) is 5.08. The van der Waals surface area contributed by atoms with Gasteiger partial charge in [-0.25, -0.2) is 9.37 Å². The van der Waals surface area contributed by atoms with E-state index in [0.717, 1.165) is 29.9 Å². The molecule has 1 fully saturated rings. The van der Waals surface area contributed by atoms with Gasteiger partial charge in [-0.1, -0.05) is 49.4 Å². The summed E-state index contributed by atoms with van der Waals surface area (Å²) in [5.74, 6) is 0.185. The summed E-state index contributed by atoms with van der Waals surface area (Å²) in [6.07, 6.45) is 0. The highest BCUT2D eigenvalue weighted by atomic mass is 32.1. The van der Waals surface area contributed by atoms with Gasteiger partial charge in [0.1, 0.15) is 5.82 Å². The molecule has 0 bridgehead atoms. The topological polar surface area (TPSA) is 63.7 Å². The molecule has 1 unspecified atom stereocenters. The number of morpholine rings is 1. The Balaban J connectivity index is 1.51. The summed E-state index contributed by atoms with van der Waals surface area (Å²) in [6.45, 7) is 4.79. The average Bonchev–Trinajstić information content (AvgIpc) is 3.23. The molecule has 4 rings (SSSR count). The van der Waals surface area contributed by atoms with Crippen LogP contribution >= 0.6 is 11.3 Å². The fourth-order valence-corrected chi connectivity index (χ4v) is 4.10. The lowest BCUT2D eigenvalue weighted by atomic mass is 9.95. The standard InChI is InChI=1S/C22H23FN4OS/c1-15(17-7-8-18(19(23)13-17)16-5-3-2-4-6-16)20-14-29-22(25-20)26-21(24)27-9-11-28-12-10-27/h2-8,13-15H,9-12H2,1H3,(H2,24,25,26). The fourth-order valence-electron chi connectivity index (χ4n) is 3.31. The van der Waals surface area contributed by atoms with Gasteiger partial charge in [0.15, 0.2) is 5.96 Å². The SMILES string of the molecule is CC(c1ccc(-c2ccccc2)c(F)c1)c1csc(N=C(N)N2CCOCC2)n1. The number of thiazole rings is 1. The molecule has 0 amide bonds. The van der Waals surface area contributed by atoms with E-state index < -0.39 is 0 Å². The molecule has 0 saturated carbocycles. The number of rotatable bonds is 4. The molecular formula is C22H23FN4OS. The van der Waals surface area contributed by atoms with Gasteiger partial charge >= 0.3 is 0 Å². The Morgan fingerprint density at radius 3 is 2.69 bits per heavy atom. The number of nitrogens with two attached hydrogens (primary N) is 1. The van der Waals surface area contributed by atoms with Crippen LogP contribution in [0, 0.1) is 5.82 Å². The Kier molecular flexibility index (Phi) is 5.87. The van der Waals surface area contributed by atoms with Crippen molar-refractivity contribution in [1.82, 2.24) is 9.88 Å². The van der Waals surface area contributed by atoms with Crippen LogP contribution < -0.4 is 5.73 Å². The lowest BCUT2D eigenvalue weighted by Crippen LogP contribution is -2.44. The van der Waals surface area contributed by atoms with Gasteiger partial charge in [0, 0.05) is 30.0 Å². The van der Waals surface area contributed by atoms with E-state index in [1.807, 2.05) is 59.7 Å². The van der Waals surface area contributed by atoms with Crippen molar-refractivity contribution in [2.75, 3.05) is 26.3 Å². The van der Waals surface area contributed by atoms with Crippen LogP contribution in [0.3, 0.4) is 0 Å². The number of halogens is 1. The van der Waals surface area contributed by atoms with E-state index in [4.69, 9.17) is 10.5 Å². The highest BCUT2D eigenvalue weighted by Gasteiger charge is 2.17. The van der Waals surface area contributed by atoms with Crippen molar-refractivity contribution in [1.29, 1.82) is 0 Å². The third-order valence-corrected chi connectivity index (χ3v) is 5.83. The molecule has 1 saturated heterocycles. The molecule has 0 radical (unpaired) electrons. The molecule has 1 aliphatic rings. The molecule has 1 aliphatic heterocycles. The van der Waals surface area contributed by atoms with Crippen LogP contribution in [0.5, 0.6) is 0 Å². The minimum absolute atomic E-state index is 0.0425. The molecule has 29 heavy (non-hydrogen) atoms. The van der Waals surface area contributed by atoms with Crippen molar-refractivity contribution in [3.63, 3.8) is 0 Å². The molecule has 0 aliphatic carbocycles. The Labute approximate surface area is 173 Å². The molecule has 1 aromatic heterocycles. The molecule has 5 nitrogen and oxygen atoms in total. The predicted octanol–water partition coefficient (Wildman–Crippen LogP) is 4.38. The third kappa shape index (κ3) is 4.46. The van der Waals surface area contributed by atoms with Crippen molar-refractivity contribution in [3.8, 4) is 11.1 Å². The van der Waals surface area contributed by atoms with Gasteiger partial charge in [-0.05, 0) is 17.2 Å². The van der Waals surface area contributed by atoms with E-state index >= 15 is 0 Å². The van der Waals surface area contributed by atoms with Crippen molar-refractivity contribution >= 4 is 22.4 Å². The number of ether oxygens (including phenoxy) is 1. The van der Waals surface area contributed by atoms with Gasteiger partial charge in [-0.3, -0.25) is 0 Å². The molecule has 0 spiro atoms. The molecule has 2 aromatic carbocycles. The van der Waals surface area contributed by atoms with Gasteiger partial charge in [-0.15, -0.1) is 11.3 Å². The predicted molar refractivity (Wildman–Crippen MR) is 115 cm³/mol. The summed E-state index contributed by atoms with van der Waals surface area (Å²) in [6, 6.07) is 14.9. The first-order chi connectivity index (χ1) is 14.1. The quantitative estimate of drug-likeness (QED) is 0.512. The monoisotopic (exact) mass is 410 g/mol. The second-order valence-electron chi connectivity index (χ2n) is 6.95. The van der Waals surface area contributed by atoms with E-state index in [2.05, 4.69) is 9.98 Å². The lowest BCUT2D eigenvalue weighted by molar-refractivity contribution is 0.0675. The van der Waals surface area contributed by atoms with Crippen LogP contribution in [0.2, 0.25) is 0 Å². The second-order valence-corrected chi connectivity index (χ2v) is 7.79. The number of hydrogen-bond donors (Lipinski definition) is 1. The highest BCUT2D eigenvalue weighted by Crippen LogP contribution is 2.31. The number of aromatic nitrogens is 1. The number of aliphatic imine (C=N–C) groups is 1. The van der Waals surface area contributed by atoms with Crippen molar-refractivity contribution in [3.05, 3.63) is 71.0 Å². The van der Waals surface area contributed by atoms with Crippen molar-refractivity contribution in [2.45, 2.75) is 12.8 Å². The van der Waals surface area contributed by atoms with Gasteiger partial charge in [0.05, 0.1) is 18.9 Å². The van der Waals surface area contributed by atoms with Gasteiger partial charge in [0.2, 0.25) is 5.13 Å². The Bertz CT molecular complexity index is 999. The Hall–Kier alpha value is -2.77. The maximum atomic E-state index is 14.7. The van der Waals surface area contributed by atoms with Crippen LogP contribution in [0.4, 0.5) is 9.52 Å². The van der Waals surface area contributed by atoms with Crippen LogP contribution in [0.1, 0.15) is 24.1 Å². The van der Waals surface area contributed by atoms with Crippen LogP contribution in [-0.2, 0) is 4.74 Å². The smallest absolute Gasteiger partial charge is 0.212 e. The first-order valence-electron chi connectivity index (χ1n) is 9.59. The highest BCUT2D eigenvalue weighted by molar-refractivity contribution is 7.13. The maximum Gasteiger partial charge on any atom is 0.212 e. The molecule has 3 aromatic rings. The van der Waals surface area contributed by atoms with Gasteiger partial charge in [-0.2, -0.15) is 4.99 Å². The zero-order valence-electron chi connectivity index (χ0n) is 16.2. The summed E-state index contributed by atoms with van der Waals surface area (Å²) >= 11 is 1.44. The average molecular weight is 411 g/mol. The minimum Gasteiger partial charge on any atom is -0.378 e. The van der Waals surface area contributed by atoms with E-state index in [1.54, 1.807) is 6.07 Å². The summed E-state index contributed by atoms with van der Waals surface area (Å²) in [5, 5.41) is 2.57. The zero-order chi connectivity index (χ0) is 20.2. The molecule has 150 valence electrons. The number of hydrogen-bond acceptors (Lipinski definition) is 4. The Morgan fingerprint density at radius 1 is 1.21 bits per heavy atom. The summed E-state index contributed by atoms with van der Waals surface area (Å²) in [7, 11) is 0. The molecule has 1 atom stereocenters. The summed E-state index contributed by atoms with van der Waals surface area (Å²) < 4.78 is 20.1. The van der Waals surface area contributed by atoms with Crippen molar-refractivity contribution in [2.24, 2.45) is 10.7 Å². The van der Waals surface area contributed by atoms with Crippen LogP contribution in [0.15, 0.2) is 58.9 Å². The molecule has 2 heterocycles. The van der Waals surface area contributed by atoms with E-state index in [-0.39, 0.29) is 11.7 Å². The zero-order valence-corrected chi connectivity index (χ0v) is 17.0. The molecular weight excluding hydrogens is 387 g/mol. The maximum absolute atomic E-state index is 14.7. The second kappa shape index (κ2) is 8.71. The summed E-state index contributed by atoms with van der Waals surface area (Å²) in [5.41, 5.74) is 9.31. The van der Waals surface area contributed by atoms with Crippen molar-refractivity contribution < 1.29 is 9.13 Å². The largest absolute Gasteiger partial charge is 0.378 e. The number of nitrogens with zero attached hydrogens (tertiary/aromatic N) is 3. The molecule has 7 heteroatoms. The Morgan fingerprint density at radius 2 is 1.97 bits per heavy atom. The van der Waals surface area contributed by atoms with Gasteiger partial charge in [0.25, 0.3) is 0 Å². The lowest BCUT2D eigenvalue weighted by Gasteiger charge is -2.27. The van der Waals surface area contributed by atoms with E-state index in [0.29, 0.717) is 29.9 Å². The van der Waals surface area contributed by atoms with Gasteiger partial charge < -0.3 is 15.4 Å². The van der Waals surface area contributed by atoms with E-state index in [1.165, 1.54) is 11.3 Å². The first-order valence-corrected chi connectivity index (χ1v) is 10.5. The first kappa shape index (κ1) is 19.5. The fraction of sp³-hybridized carbons (Fsp3) is 0.273. The normalized spacial score (nSPS) is 16.1. The number of benzene rings is 2. The summed E-state index contributed by atoms with van der Waals surface area (Å²) in [4.78, 5) is 11.0. The van der Waals surface area contributed by atoms with Crippen LogP contribution in [0.25, 0.3) is 11.1 Å². The number of guanidine groups is 1. The van der Waals surface area contributed by atoms with E-state index in [9.17, 15) is 4.39 Å². The molecule has 2 N–H and O–H groups in total.